The molecule has 0 radical (unpaired) electrons. The lowest BCUT2D eigenvalue weighted by atomic mass is 9.71. The number of rotatable bonds is 4. The van der Waals surface area contributed by atoms with Crippen molar-refractivity contribution >= 4 is 23.4 Å². The minimum atomic E-state index is -0.797. The predicted molar refractivity (Wildman–Crippen MR) is 95.5 cm³/mol. The number of carbonyl (C=O) groups is 4. The molecule has 0 aromatic carbocycles. The first-order chi connectivity index (χ1) is 11.8. The second kappa shape index (κ2) is 8.41. The summed E-state index contributed by atoms with van der Waals surface area (Å²) in [6.45, 7) is 9.90. The smallest absolute Gasteiger partial charge is 0.237 e. The summed E-state index contributed by atoms with van der Waals surface area (Å²) in [5, 5.41) is 5.36. The van der Waals surface area contributed by atoms with Crippen molar-refractivity contribution in [3.05, 3.63) is 12.3 Å². The molecule has 0 aromatic rings. The van der Waals surface area contributed by atoms with Gasteiger partial charge < -0.3 is 10.6 Å². The van der Waals surface area contributed by atoms with E-state index in [0.29, 0.717) is 32.2 Å². The second-order valence-corrected chi connectivity index (χ2v) is 6.72. The highest BCUT2D eigenvalue weighted by Gasteiger charge is 2.47. The molecule has 2 aliphatic heterocycles. The molecular formula is C19H30N2O4. The van der Waals surface area contributed by atoms with Gasteiger partial charge in [-0.05, 0) is 31.8 Å². The van der Waals surface area contributed by atoms with Gasteiger partial charge in [0.15, 0.2) is 11.6 Å². The summed E-state index contributed by atoms with van der Waals surface area (Å²) in [5.41, 5.74) is -1.54. The number of hydrogen-bond acceptors (Lipinski definition) is 4. The fourth-order valence-electron chi connectivity index (χ4n) is 3.53. The third-order valence-corrected chi connectivity index (χ3v) is 5.69. The van der Waals surface area contributed by atoms with E-state index < -0.39 is 10.8 Å². The maximum Gasteiger partial charge on any atom is 0.237 e. The van der Waals surface area contributed by atoms with Gasteiger partial charge in [-0.15, -0.1) is 0 Å². The molecule has 2 amide bonds. The van der Waals surface area contributed by atoms with E-state index in [1.807, 2.05) is 34.6 Å². The normalized spacial score (nSPS) is 24.1. The fraction of sp³-hybridized carbons (Fsp3) is 0.684. The number of Topliss-reactive ketones (excluding diaryl/α,β-unsaturated/α-hetero) is 1. The van der Waals surface area contributed by atoms with Crippen molar-refractivity contribution in [2.75, 3.05) is 6.54 Å². The maximum atomic E-state index is 11.9. The molecule has 140 valence electrons. The van der Waals surface area contributed by atoms with Gasteiger partial charge in [-0.3, -0.25) is 19.2 Å². The Morgan fingerprint density at radius 3 is 1.80 bits per heavy atom. The van der Waals surface area contributed by atoms with Gasteiger partial charge in [-0.2, -0.15) is 0 Å². The van der Waals surface area contributed by atoms with Crippen molar-refractivity contribution in [3.8, 4) is 0 Å². The third-order valence-electron chi connectivity index (χ3n) is 5.69. The topological polar surface area (TPSA) is 92.3 Å². The van der Waals surface area contributed by atoms with Crippen LogP contribution in [0.4, 0.5) is 0 Å². The van der Waals surface area contributed by atoms with Gasteiger partial charge >= 0.3 is 0 Å². The Morgan fingerprint density at radius 1 is 0.920 bits per heavy atom. The van der Waals surface area contributed by atoms with E-state index in [9.17, 15) is 19.2 Å². The largest absolute Gasteiger partial charge is 0.355 e. The molecule has 6 heteroatoms. The molecule has 0 aromatic heterocycles. The van der Waals surface area contributed by atoms with Gasteiger partial charge in [0.05, 0.1) is 0 Å². The molecule has 0 aliphatic carbocycles. The van der Waals surface area contributed by atoms with Crippen molar-refractivity contribution in [3.63, 3.8) is 0 Å². The van der Waals surface area contributed by atoms with Gasteiger partial charge in [0, 0.05) is 18.7 Å². The summed E-state index contributed by atoms with van der Waals surface area (Å²) in [6.07, 6.45) is 5.21. The second-order valence-electron chi connectivity index (χ2n) is 6.72. The summed E-state index contributed by atoms with van der Waals surface area (Å²) < 4.78 is 0. The van der Waals surface area contributed by atoms with Gasteiger partial charge in [-0.25, -0.2) is 0 Å². The molecule has 1 atom stereocenters. The lowest BCUT2D eigenvalue weighted by Crippen LogP contribution is -2.55. The van der Waals surface area contributed by atoms with Crippen LogP contribution in [0.25, 0.3) is 0 Å². The van der Waals surface area contributed by atoms with E-state index in [-0.39, 0.29) is 29.3 Å². The summed E-state index contributed by atoms with van der Waals surface area (Å²) in [4.78, 5) is 46.3. The van der Waals surface area contributed by atoms with Gasteiger partial charge in [-0.1, -0.05) is 34.6 Å². The molecule has 2 heterocycles. The lowest BCUT2D eigenvalue weighted by molar-refractivity contribution is -0.149. The number of piperidine rings is 1. The summed E-state index contributed by atoms with van der Waals surface area (Å²) in [6, 6.07) is 0. The first-order valence-corrected chi connectivity index (χ1v) is 9.10. The van der Waals surface area contributed by atoms with Crippen LogP contribution >= 0.6 is 0 Å². The van der Waals surface area contributed by atoms with Crippen LogP contribution in [0.3, 0.4) is 0 Å². The van der Waals surface area contributed by atoms with Crippen molar-refractivity contribution in [2.45, 2.75) is 60.3 Å². The Balaban J connectivity index is 0.000000251. The molecule has 6 nitrogen and oxygen atoms in total. The van der Waals surface area contributed by atoms with Crippen LogP contribution in [0.1, 0.15) is 60.3 Å². The standard InChI is InChI=1S/C10H17NO2.C9H13NO2/c1-4-10(5-2)8(12)7(3)6-11-9(10)13;1-3-9(4-2)7(11)5-6-10-8(9)12/h7H,4-6H2,1-3H3,(H,11,13);5-6H,3-4H2,1-2H3,(H,10,12). The van der Waals surface area contributed by atoms with Crippen LogP contribution in [0.15, 0.2) is 12.3 Å². The summed E-state index contributed by atoms with van der Waals surface area (Å²) in [7, 11) is 0. The highest BCUT2D eigenvalue weighted by atomic mass is 16.2. The molecule has 25 heavy (non-hydrogen) atoms. The molecule has 1 fully saturated rings. The zero-order valence-corrected chi connectivity index (χ0v) is 15.9. The van der Waals surface area contributed by atoms with Crippen molar-refractivity contribution in [2.24, 2.45) is 16.7 Å². The minimum Gasteiger partial charge on any atom is -0.355 e. The average molecular weight is 350 g/mol. The molecule has 0 saturated carbocycles. The Kier molecular flexibility index (Phi) is 7.08. The predicted octanol–water partition coefficient (Wildman–Crippen LogP) is 2.13. The molecule has 1 saturated heterocycles. The zero-order valence-electron chi connectivity index (χ0n) is 15.9. The zero-order chi connectivity index (χ0) is 19.3. The number of hydrogen-bond donors (Lipinski definition) is 2. The summed E-state index contributed by atoms with van der Waals surface area (Å²) in [5.74, 6) is -0.240. The van der Waals surface area contributed by atoms with Crippen LogP contribution in [-0.4, -0.2) is 29.9 Å². The highest BCUT2D eigenvalue weighted by molar-refractivity contribution is 6.13. The molecule has 0 spiro atoms. The van der Waals surface area contributed by atoms with Gasteiger partial charge in [0.2, 0.25) is 11.8 Å². The fourth-order valence-corrected chi connectivity index (χ4v) is 3.53. The van der Waals surface area contributed by atoms with Crippen LogP contribution in [0, 0.1) is 16.7 Å². The molecule has 2 rings (SSSR count). The molecule has 0 bridgehead atoms. The Hall–Kier alpha value is -1.98. The summed E-state index contributed by atoms with van der Waals surface area (Å²) >= 11 is 0. The quantitative estimate of drug-likeness (QED) is 0.760. The van der Waals surface area contributed by atoms with Crippen LogP contribution < -0.4 is 10.6 Å². The molecule has 2 N–H and O–H groups in total. The number of carbonyl (C=O) groups excluding carboxylic acids is 4. The first-order valence-electron chi connectivity index (χ1n) is 9.10. The average Bonchev–Trinajstić information content (AvgIpc) is 2.61. The first kappa shape index (κ1) is 21.1. The van der Waals surface area contributed by atoms with E-state index in [0.717, 1.165) is 0 Å². The van der Waals surface area contributed by atoms with E-state index >= 15 is 0 Å². The number of nitrogens with one attached hydrogen (secondary N) is 2. The van der Waals surface area contributed by atoms with Crippen LogP contribution in [0.2, 0.25) is 0 Å². The van der Waals surface area contributed by atoms with Crippen LogP contribution in [0.5, 0.6) is 0 Å². The van der Waals surface area contributed by atoms with Crippen molar-refractivity contribution in [1.29, 1.82) is 0 Å². The van der Waals surface area contributed by atoms with E-state index in [1.54, 1.807) is 0 Å². The lowest BCUT2D eigenvalue weighted by Gasteiger charge is -2.35. The number of ketones is 2. The molecule has 1 unspecified atom stereocenters. The monoisotopic (exact) mass is 350 g/mol. The Bertz CT molecular complexity index is 572. The number of amides is 2. The third kappa shape index (κ3) is 3.67. The Morgan fingerprint density at radius 2 is 1.44 bits per heavy atom. The highest BCUT2D eigenvalue weighted by Crippen LogP contribution is 2.33. The van der Waals surface area contributed by atoms with E-state index in [1.165, 1.54) is 12.3 Å². The Labute approximate surface area is 149 Å². The minimum absolute atomic E-state index is 0.0300. The van der Waals surface area contributed by atoms with Gasteiger partial charge in [0.1, 0.15) is 10.8 Å². The number of allylic oxidation sites excluding steroid dienone is 1. The van der Waals surface area contributed by atoms with E-state index in [2.05, 4.69) is 10.6 Å². The van der Waals surface area contributed by atoms with Crippen LogP contribution in [-0.2, 0) is 19.2 Å². The molecule has 2 aliphatic rings. The van der Waals surface area contributed by atoms with Gasteiger partial charge in [0.25, 0.3) is 0 Å². The molecular weight excluding hydrogens is 320 g/mol. The van der Waals surface area contributed by atoms with Crippen molar-refractivity contribution in [1.82, 2.24) is 10.6 Å². The maximum absolute atomic E-state index is 11.9. The SMILES string of the molecule is CCC1(CC)C(=O)C=CNC1=O.CCC1(CC)C(=O)NCC(C)C1=O. The van der Waals surface area contributed by atoms with Crippen molar-refractivity contribution < 1.29 is 19.2 Å². The van der Waals surface area contributed by atoms with E-state index in [4.69, 9.17) is 0 Å².